The Labute approximate surface area is 126 Å². The highest BCUT2D eigenvalue weighted by Gasteiger charge is 2.24. The molecule has 0 amide bonds. The van der Waals surface area contributed by atoms with Gasteiger partial charge in [0.1, 0.15) is 16.4 Å². The van der Waals surface area contributed by atoms with Gasteiger partial charge in [0.2, 0.25) is 5.78 Å². The van der Waals surface area contributed by atoms with E-state index in [1.54, 1.807) is 18.2 Å². The summed E-state index contributed by atoms with van der Waals surface area (Å²) in [4.78, 5) is 12.5. The molecule has 106 valence electrons. The number of ether oxygens (including phenoxy) is 1. The second-order valence-corrected chi connectivity index (χ2v) is 5.27. The van der Waals surface area contributed by atoms with Crippen LogP contribution in [0.2, 0.25) is 0 Å². The molecule has 0 unspecified atom stereocenters. The van der Waals surface area contributed by atoms with Gasteiger partial charge in [-0.25, -0.2) is 0 Å². The van der Waals surface area contributed by atoms with Crippen molar-refractivity contribution in [3.05, 3.63) is 65.1 Å². The zero-order valence-electron chi connectivity index (χ0n) is 11.1. The van der Waals surface area contributed by atoms with Crippen molar-refractivity contribution in [3.8, 4) is 5.75 Å². The minimum Gasteiger partial charge on any atom is -0.506 e. The van der Waals surface area contributed by atoms with Crippen LogP contribution < -0.4 is 9.46 Å². The molecule has 5 heteroatoms. The van der Waals surface area contributed by atoms with Crippen LogP contribution in [0.1, 0.15) is 5.56 Å². The lowest BCUT2D eigenvalue weighted by Gasteiger charge is -2.19. The van der Waals surface area contributed by atoms with Gasteiger partial charge in [0.25, 0.3) is 0 Å². The zero-order chi connectivity index (χ0) is 14.7. The molecular formula is C16H13NO3S. The highest BCUT2D eigenvalue weighted by molar-refractivity contribution is 8.05. The maximum absolute atomic E-state index is 12.2. The summed E-state index contributed by atoms with van der Waals surface area (Å²) in [6.45, 7) is -0.111. The van der Waals surface area contributed by atoms with Gasteiger partial charge >= 0.3 is 0 Å². The fraction of sp³-hybridized carbons (Fsp3) is 0.0625. The first-order valence-electron chi connectivity index (χ1n) is 6.42. The van der Waals surface area contributed by atoms with Crippen LogP contribution in [-0.4, -0.2) is 17.5 Å². The summed E-state index contributed by atoms with van der Waals surface area (Å²) in [5.74, 6) is 0.361. The number of para-hydroxylation sites is 2. The molecule has 1 aliphatic heterocycles. The first-order chi connectivity index (χ1) is 10.3. The first-order valence-corrected chi connectivity index (χ1v) is 7.24. The summed E-state index contributed by atoms with van der Waals surface area (Å²) < 4.78 is 8.47. The largest absolute Gasteiger partial charge is 0.506 e. The molecule has 0 bridgehead atoms. The number of aliphatic hydroxyl groups excluding tert-OH is 1. The number of anilines is 1. The van der Waals surface area contributed by atoms with Crippen molar-refractivity contribution in [1.82, 2.24) is 0 Å². The van der Waals surface area contributed by atoms with E-state index in [0.717, 1.165) is 17.6 Å². The summed E-state index contributed by atoms with van der Waals surface area (Å²) in [5, 5.41) is 10.2. The van der Waals surface area contributed by atoms with Crippen molar-refractivity contribution in [2.24, 2.45) is 0 Å². The number of aliphatic hydroxyl groups is 1. The Bertz CT molecular complexity index is 698. The Morgan fingerprint density at radius 3 is 2.62 bits per heavy atom. The SMILES string of the molecule is O=C(COc1ccccc1)C1=C(O)c2ccccc2NS1. The molecule has 0 spiro atoms. The maximum atomic E-state index is 12.2. The van der Waals surface area contributed by atoms with Gasteiger partial charge in [0.15, 0.2) is 6.61 Å². The van der Waals surface area contributed by atoms with Crippen molar-refractivity contribution in [3.63, 3.8) is 0 Å². The zero-order valence-corrected chi connectivity index (χ0v) is 11.9. The third-order valence-corrected chi connectivity index (χ3v) is 3.97. The van der Waals surface area contributed by atoms with Crippen LogP contribution >= 0.6 is 11.9 Å². The molecule has 0 fully saturated rings. The predicted molar refractivity (Wildman–Crippen MR) is 84.1 cm³/mol. The predicted octanol–water partition coefficient (Wildman–Crippen LogP) is 3.64. The van der Waals surface area contributed by atoms with E-state index in [9.17, 15) is 9.90 Å². The van der Waals surface area contributed by atoms with Crippen LogP contribution in [0.25, 0.3) is 5.76 Å². The molecule has 4 nitrogen and oxygen atoms in total. The average molecular weight is 299 g/mol. The summed E-state index contributed by atoms with van der Waals surface area (Å²) in [6.07, 6.45) is 0. The molecule has 2 aromatic rings. The van der Waals surface area contributed by atoms with Gasteiger partial charge in [-0.3, -0.25) is 4.79 Å². The maximum Gasteiger partial charge on any atom is 0.212 e. The van der Waals surface area contributed by atoms with E-state index >= 15 is 0 Å². The Hall–Kier alpha value is -2.40. The Balaban J connectivity index is 1.76. The molecule has 2 aromatic carbocycles. The number of hydrogen-bond donors (Lipinski definition) is 2. The van der Waals surface area contributed by atoms with Gasteiger partial charge in [-0.05, 0) is 36.2 Å². The number of rotatable bonds is 4. The van der Waals surface area contributed by atoms with E-state index in [1.807, 2.05) is 36.4 Å². The van der Waals surface area contributed by atoms with E-state index < -0.39 is 0 Å². The Morgan fingerprint density at radius 2 is 1.81 bits per heavy atom. The Kier molecular flexibility index (Phi) is 3.83. The molecule has 2 N–H and O–H groups in total. The number of carbonyl (C=O) groups excluding carboxylic acids is 1. The summed E-state index contributed by atoms with van der Waals surface area (Å²) in [7, 11) is 0. The van der Waals surface area contributed by atoms with E-state index in [0.29, 0.717) is 11.3 Å². The van der Waals surface area contributed by atoms with E-state index in [2.05, 4.69) is 4.72 Å². The number of hydrogen-bond acceptors (Lipinski definition) is 5. The normalized spacial score (nSPS) is 13.3. The summed E-state index contributed by atoms with van der Waals surface area (Å²) >= 11 is 1.11. The molecule has 0 saturated heterocycles. The molecule has 0 radical (unpaired) electrons. The van der Waals surface area contributed by atoms with E-state index in [1.165, 1.54) is 0 Å². The highest BCUT2D eigenvalue weighted by Crippen LogP contribution is 2.36. The van der Waals surface area contributed by atoms with Crippen molar-refractivity contribution in [2.45, 2.75) is 0 Å². The smallest absolute Gasteiger partial charge is 0.212 e. The highest BCUT2D eigenvalue weighted by atomic mass is 32.2. The monoisotopic (exact) mass is 299 g/mol. The van der Waals surface area contributed by atoms with Crippen molar-refractivity contribution in [1.29, 1.82) is 0 Å². The van der Waals surface area contributed by atoms with E-state index in [4.69, 9.17) is 4.74 Å². The number of nitrogens with one attached hydrogen (secondary N) is 1. The van der Waals surface area contributed by atoms with Gasteiger partial charge in [0, 0.05) is 5.56 Å². The van der Waals surface area contributed by atoms with Crippen molar-refractivity contribution < 1.29 is 14.6 Å². The van der Waals surface area contributed by atoms with Crippen molar-refractivity contribution >= 4 is 29.2 Å². The number of Topliss-reactive ketones (excluding diaryl/α,β-unsaturated/α-hetero) is 1. The molecule has 3 rings (SSSR count). The molecule has 0 saturated carbocycles. The van der Waals surface area contributed by atoms with Crippen LogP contribution in [0.5, 0.6) is 5.75 Å². The number of fused-ring (bicyclic) bond motifs is 1. The molecule has 0 aliphatic carbocycles. The lowest BCUT2D eigenvalue weighted by Crippen LogP contribution is -2.17. The molecule has 1 heterocycles. The molecule has 21 heavy (non-hydrogen) atoms. The third-order valence-electron chi connectivity index (χ3n) is 3.03. The molecular weight excluding hydrogens is 286 g/mol. The van der Waals surface area contributed by atoms with Gasteiger partial charge in [-0.15, -0.1) is 0 Å². The van der Waals surface area contributed by atoms with Crippen LogP contribution in [-0.2, 0) is 4.79 Å². The first kappa shape index (κ1) is 13.6. The van der Waals surface area contributed by atoms with Crippen LogP contribution in [0.3, 0.4) is 0 Å². The fourth-order valence-electron chi connectivity index (χ4n) is 1.98. The van der Waals surface area contributed by atoms with Gasteiger partial charge in [0.05, 0.1) is 5.69 Å². The van der Waals surface area contributed by atoms with Crippen molar-refractivity contribution in [2.75, 3.05) is 11.3 Å². The van der Waals surface area contributed by atoms with Crippen LogP contribution in [0.4, 0.5) is 5.69 Å². The average Bonchev–Trinajstić information content (AvgIpc) is 2.54. The van der Waals surface area contributed by atoms with Gasteiger partial charge in [-0.1, -0.05) is 30.3 Å². The summed E-state index contributed by atoms with van der Waals surface area (Å²) in [5.41, 5.74) is 1.42. The Morgan fingerprint density at radius 1 is 1.10 bits per heavy atom. The lowest BCUT2D eigenvalue weighted by molar-refractivity contribution is -0.116. The number of benzene rings is 2. The van der Waals surface area contributed by atoms with Crippen LogP contribution in [0.15, 0.2) is 59.5 Å². The second kappa shape index (κ2) is 5.93. The molecule has 0 aromatic heterocycles. The third kappa shape index (κ3) is 2.87. The quantitative estimate of drug-likeness (QED) is 0.844. The second-order valence-electron chi connectivity index (χ2n) is 4.45. The number of carbonyl (C=O) groups is 1. The van der Waals surface area contributed by atoms with Crippen LogP contribution in [0, 0.1) is 0 Å². The van der Waals surface area contributed by atoms with Gasteiger partial charge in [-0.2, -0.15) is 0 Å². The molecule has 1 aliphatic rings. The van der Waals surface area contributed by atoms with E-state index in [-0.39, 0.29) is 23.1 Å². The topological polar surface area (TPSA) is 58.6 Å². The summed E-state index contributed by atoms with van der Waals surface area (Å²) in [6, 6.07) is 16.4. The lowest BCUT2D eigenvalue weighted by atomic mass is 10.1. The van der Waals surface area contributed by atoms with Gasteiger partial charge < -0.3 is 14.6 Å². The molecule has 0 atom stereocenters. The minimum absolute atomic E-state index is 0.00369. The number of ketones is 1. The standard InChI is InChI=1S/C16H13NO3S/c18-14(10-20-11-6-2-1-3-7-11)16-15(19)12-8-4-5-9-13(12)17-21-16/h1-9,17,19H,10H2. The minimum atomic E-state index is -0.261. The fourth-order valence-corrected chi connectivity index (χ4v) is 2.74.